The molecule has 4 rings (SSSR count). The van der Waals surface area contributed by atoms with Crippen LogP contribution in [0.3, 0.4) is 0 Å². The maximum Gasteiger partial charge on any atom is 0.273 e. The maximum absolute atomic E-state index is 12.5. The highest BCUT2D eigenvalue weighted by molar-refractivity contribution is 5.95. The molecule has 0 saturated carbocycles. The number of hydrogen-bond acceptors (Lipinski definition) is 5. The van der Waals surface area contributed by atoms with E-state index in [1.165, 1.54) is 0 Å². The summed E-state index contributed by atoms with van der Waals surface area (Å²) in [5.41, 5.74) is 1.03. The highest BCUT2D eigenvalue weighted by Crippen LogP contribution is 2.27. The largest absolute Gasteiger partial charge is 0.355 e. The van der Waals surface area contributed by atoms with Crippen molar-refractivity contribution in [3.8, 4) is 11.3 Å². The molecule has 2 aliphatic rings. The number of fused-ring (bicyclic) bond motifs is 1. The van der Waals surface area contributed by atoms with E-state index in [0.717, 1.165) is 44.6 Å². The Morgan fingerprint density at radius 2 is 1.82 bits per heavy atom. The number of aromatic nitrogens is 1. The Labute approximate surface area is 170 Å². The third-order valence-corrected chi connectivity index (χ3v) is 5.57. The van der Waals surface area contributed by atoms with Gasteiger partial charge in [0.25, 0.3) is 5.91 Å². The van der Waals surface area contributed by atoms with E-state index in [1.807, 2.05) is 35.2 Å². The zero-order valence-corrected chi connectivity index (χ0v) is 16.4. The average Bonchev–Trinajstić information content (AvgIpc) is 3.33. The number of nitrogens with zero attached hydrogens (tertiary/aromatic N) is 2. The van der Waals surface area contributed by atoms with Gasteiger partial charge >= 0.3 is 0 Å². The van der Waals surface area contributed by atoms with Crippen LogP contribution in [0.25, 0.3) is 11.3 Å². The predicted molar refractivity (Wildman–Crippen MR) is 107 cm³/mol. The Morgan fingerprint density at radius 1 is 1.14 bits per heavy atom. The van der Waals surface area contributed by atoms with Crippen LogP contribution >= 0.6 is 12.4 Å². The van der Waals surface area contributed by atoms with Crippen molar-refractivity contribution in [2.75, 3.05) is 32.7 Å². The summed E-state index contributed by atoms with van der Waals surface area (Å²) in [6, 6.07) is 11.1. The summed E-state index contributed by atoms with van der Waals surface area (Å²) in [7, 11) is 0. The first-order valence-corrected chi connectivity index (χ1v) is 9.49. The van der Waals surface area contributed by atoms with E-state index in [9.17, 15) is 9.59 Å². The van der Waals surface area contributed by atoms with Gasteiger partial charge < -0.3 is 20.1 Å². The Kier molecular flexibility index (Phi) is 6.70. The molecule has 1 aromatic carbocycles. The maximum atomic E-state index is 12.5. The Hall–Kier alpha value is -2.38. The molecular formula is C20H25ClN4O3. The molecule has 0 unspecified atom stereocenters. The van der Waals surface area contributed by atoms with Crippen LogP contribution in [0.2, 0.25) is 0 Å². The molecule has 2 aromatic rings. The zero-order valence-electron chi connectivity index (χ0n) is 15.6. The lowest BCUT2D eigenvalue weighted by Crippen LogP contribution is -2.41. The van der Waals surface area contributed by atoms with Crippen LogP contribution in [0.4, 0.5) is 0 Å². The van der Waals surface area contributed by atoms with Crippen molar-refractivity contribution in [1.82, 2.24) is 20.7 Å². The van der Waals surface area contributed by atoms with Gasteiger partial charge in [-0.3, -0.25) is 9.59 Å². The van der Waals surface area contributed by atoms with Crippen molar-refractivity contribution < 1.29 is 14.1 Å². The SMILES string of the molecule is Cl.O=C(NCC(=O)N1CC[C@@H]2CNC[C@@H]2CC1)c1cc(-c2ccccc2)on1. The number of halogens is 1. The highest BCUT2D eigenvalue weighted by atomic mass is 35.5. The molecular weight excluding hydrogens is 380 g/mol. The normalized spacial score (nSPS) is 21.4. The summed E-state index contributed by atoms with van der Waals surface area (Å²) in [5.74, 6) is 1.43. The molecule has 2 saturated heterocycles. The summed E-state index contributed by atoms with van der Waals surface area (Å²) in [6.45, 7) is 3.62. The number of likely N-dealkylation sites (tertiary alicyclic amines) is 1. The first-order valence-electron chi connectivity index (χ1n) is 9.49. The van der Waals surface area contributed by atoms with Crippen molar-refractivity contribution in [3.63, 3.8) is 0 Å². The smallest absolute Gasteiger partial charge is 0.273 e. The minimum Gasteiger partial charge on any atom is -0.355 e. The number of benzene rings is 1. The molecule has 28 heavy (non-hydrogen) atoms. The van der Waals surface area contributed by atoms with Crippen LogP contribution < -0.4 is 10.6 Å². The molecule has 0 radical (unpaired) electrons. The van der Waals surface area contributed by atoms with Gasteiger partial charge in [-0.25, -0.2) is 0 Å². The summed E-state index contributed by atoms with van der Waals surface area (Å²) < 4.78 is 5.24. The molecule has 2 aliphatic heterocycles. The molecule has 2 N–H and O–H groups in total. The minimum absolute atomic E-state index is 0. The lowest BCUT2D eigenvalue weighted by Gasteiger charge is -2.21. The van der Waals surface area contributed by atoms with Crippen molar-refractivity contribution in [2.24, 2.45) is 11.8 Å². The van der Waals surface area contributed by atoms with Crippen molar-refractivity contribution in [3.05, 3.63) is 42.1 Å². The fourth-order valence-electron chi connectivity index (χ4n) is 3.95. The second-order valence-electron chi connectivity index (χ2n) is 7.26. The van der Waals surface area contributed by atoms with Gasteiger partial charge in [0.15, 0.2) is 11.5 Å². The molecule has 150 valence electrons. The number of amides is 2. The zero-order chi connectivity index (χ0) is 18.6. The average molecular weight is 405 g/mol. The minimum atomic E-state index is -0.398. The van der Waals surface area contributed by atoms with Gasteiger partial charge in [-0.05, 0) is 37.8 Å². The lowest BCUT2D eigenvalue weighted by atomic mass is 9.92. The van der Waals surface area contributed by atoms with E-state index in [-0.39, 0.29) is 30.6 Å². The van der Waals surface area contributed by atoms with Gasteiger partial charge in [0.05, 0.1) is 6.54 Å². The molecule has 0 aliphatic carbocycles. The van der Waals surface area contributed by atoms with E-state index < -0.39 is 5.91 Å². The van der Waals surface area contributed by atoms with Crippen LogP contribution in [0.15, 0.2) is 40.9 Å². The van der Waals surface area contributed by atoms with Gasteiger partial charge in [-0.15, -0.1) is 12.4 Å². The molecule has 7 nitrogen and oxygen atoms in total. The molecule has 2 amide bonds. The van der Waals surface area contributed by atoms with Gasteiger partial charge in [-0.1, -0.05) is 35.5 Å². The van der Waals surface area contributed by atoms with E-state index >= 15 is 0 Å². The number of hydrogen-bond donors (Lipinski definition) is 2. The second-order valence-corrected chi connectivity index (χ2v) is 7.26. The molecule has 2 atom stereocenters. The number of carbonyl (C=O) groups is 2. The Bertz CT molecular complexity index is 797. The fourth-order valence-corrected chi connectivity index (χ4v) is 3.95. The fraction of sp³-hybridized carbons (Fsp3) is 0.450. The summed E-state index contributed by atoms with van der Waals surface area (Å²) in [5, 5.41) is 9.92. The predicted octanol–water partition coefficient (Wildman–Crippen LogP) is 1.95. The molecule has 0 spiro atoms. The highest BCUT2D eigenvalue weighted by Gasteiger charge is 2.31. The molecule has 3 heterocycles. The summed E-state index contributed by atoms with van der Waals surface area (Å²) in [4.78, 5) is 26.6. The molecule has 8 heteroatoms. The topological polar surface area (TPSA) is 87.5 Å². The third kappa shape index (κ3) is 4.54. The summed E-state index contributed by atoms with van der Waals surface area (Å²) >= 11 is 0. The van der Waals surface area contributed by atoms with Gasteiger partial charge in [0, 0.05) is 24.7 Å². The van der Waals surface area contributed by atoms with Gasteiger partial charge in [0.2, 0.25) is 5.91 Å². The summed E-state index contributed by atoms with van der Waals surface area (Å²) in [6.07, 6.45) is 2.06. The molecule has 1 aromatic heterocycles. The number of nitrogens with one attached hydrogen (secondary N) is 2. The van der Waals surface area contributed by atoms with Crippen molar-refractivity contribution in [1.29, 1.82) is 0 Å². The van der Waals surface area contributed by atoms with Crippen LogP contribution in [0.5, 0.6) is 0 Å². The van der Waals surface area contributed by atoms with Crippen LogP contribution in [-0.2, 0) is 4.79 Å². The number of carbonyl (C=O) groups excluding carboxylic acids is 2. The van der Waals surface area contributed by atoms with E-state index in [0.29, 0.717) is 17.6 Å². The standard InChI is InChI=1S/C20H24N4O3.ClH/c25-19(24-8-6-15-11-21-12-16(15)7-9-24)13-22-20(26)17-10-18(27-23-17)14-4-2-1-3-5-14;/h1-5,10,15-16,21H,6-9,11-13H2,(H,22,26);1H/t15-,16+;. The van der Waals surface area contributed by atoms with Gasteiger partial charge in [-0.2, -0.15) is 0 Å². The second kappa shape index (κ2) is 9.21. The van der Waals surface area contributed by atoms with Gasteiger partial charge in [0.1, 0.15) is 0 Å². The quantitative estimate of drug-likeness (QED) is 0.813. The molecule has 0 bridgehead atoms. The van der Waals surface area contributed by atoms with Crippen LogP contribution in [0, 0.1) is 11.8 Å². The number of rotatable bonds is 4. The molecule has 2 fully saturated rings. The first-order chi connectivity index (χ1) is 13.2. The Morgan fingerprint density at radius 3 is 2.50 bits per heavy atom. The third-order valence-electron chi connectivity index (χ3n) is 5.57. The van der Waals surface area contributed by atoms with E-state index in [2.05, 4.69) is 15.8 Å². The van der Waals surface area contributed by atoms with Crippen LogP contribution in [0.1, 0.15) is 23.3 Å². The van der Waals surface area contributed by atoms with E-state index in [1.54, 1.807) is 6.07 Å². The van der Waals surface area contributed by atoms with E-state index in [4.69, 9.17) is 4.52 Å². The lowest BCUT2D eigenvalue weighted by molar-refractivity contribution is -0.130. The van der Waals surface area contributed by atoms with Crippen LogP contribution in [-0.4, -0.2) is 54.6 Å². The first kappa shape index (κ1) is 20.4. The monoisotopic (exact) mass is 404 g/mol. The van der Waals surface area contributed by atoms with Crippen molar-refractivity contribution in [2.45, 2.75) is 12.8 Å². The van der Waals surface area contributed by atoms with Crippen molar-refractivity contribution >= 4 is 24.2 Å². The Balaban J connectivity index is 0.00000225.